The Kier molecular flexibility index (Phi) is 7.07. The first-order valence-corrected chi connectivity index (χ1v) is 15.8. The topological polar surface area (TPSA) is 136 Å². The van der Waals surface area contributed by atoms with Gasteiger partial charge in [-0.15, -0.1) is 0 Å². The first kappa shape index (κ1) is 30.8. The minimum absolute atomic E-state index is 0.0117. The molecule has 43 heavy (non-hydrogen) atoms. The molecular weight excluding hydrogens is 558 g/mol. The Balaban J connectivity index is 1.73. The lowest BCUT2D eigenvalue weighted by Crippen LogP contribution is -2.80. The lowest BCUT2D eigenvalue weighted by atomic mass is 9.41. The summed E-state index contributed by atoms with van der Waals surface area (Å²) < 4.78 is 38.2. The Morgan fingerprint density at radius 2 is 1.47 bits per heavy atom. The van der Waals surface area contributed by atoms with Gasteiger partial charge in [0.2, 0.25) is 0 Å². The standard InChI is InChI=1S/C32H47NO10/c1-10-29-13-33-26-23-24(39-9)25(29)31(26,21(38-8)11-14(29)2)20-12-30(42-18(6)36)15(3)27(40-16(4)34)32(23,43-19(7)37)22(20)28(30)41-17(5)35/h14-15,20-28,33H,10-13H2,1-9H3/t14-,15+,20-,21+,22-,23?,24+,25-,26-,27+,28-,29-,30+,31+,32-/m1/s1. The van der Waals surface area contributed by atoms with E-state index in [1.165, 1.54) is 27.7 Å². The molecule has 1 N–H and O–H groups in total. The summed E-state index contributed by atoms with van der Waals surface area (Å²) in [5, 5.41) is 3.94. The van der Waals surface area contributed by atoms with Crippen molar-refractivity contribution < 1.29 is 47.6 Å². The molecule has 15 atom stereocenters. The molecule has 6 fully saturated rings. The Morgan fingerprint density at radius 1 is 0.837 bits per heavy atom. The van der Waals surface area contributed by atoms with E-state index in [2.05, 4.69) is 19.2 Å². The zero-order valence-corrected chi connectivity index (χ0v) is 26.8. The van der Waals surface area contributed by atoms with E-state index in [9.17, 15) is 19.2 Å². The Morgan fingerprint density at radius 3 is 2.00 bits per heavy atom. The molecule has 0 aromatic rings. The van der Waals surface area contributed by atoms with E-state index in [0.29, 0.717) is 12.3 Å². The van der Waals surface area contributed by atoms with Gasteiger partial charge in [-0.05, 0) is 36.5 Å². The van der Waals surface area contributed by atoms with Crippen molar-refractivity contribution in [2.45, 2.75) is 109 Å². The zero-order chi connectivity index (χ0) is 31.4. The van der Waals surface area contributed by atoms with E-state index in [0.717, 1.165) is 19.4 Å². The third-order valence-corrected chi connectivity index (χ3v) is 13.1. The maximum Gasteiger partial charge on any atom is 0.303 e. The van der Waals surface area contributed by atoms with E-state index >= 15 is 0 Å². The number of carbonyl (C=O) groups is 4. The van der Waals surface area contributed by atoms with Crippen molar-refractivity contribution in [1.82, 2.24) is 5.32 Å². The zero-order valence-electron chi connectivity index (χ0n) is 26.8. The minimum Gasteiger partial charge on any atom is -0.458 e. The summed E-state index contributed by atoms with van der Waals surface area (Å²) in [6, 6.07) is -0.227. The molecule has 240 valence electrons. The van der Waals surface area contributed by atoms with Crippen LogP contribution in [-0.2, 0) is 47.6 Å². The third kappa shape index (κ3) is 3.47. The molecule has 11 heteroatoms. The van der Waals surface area contributed by atoms with Crippen molar-refractivity contribution >= 4 is 23.9 Å². The molecule has 0 aromatic heterocycles. The van der Waals surface area contributed by atoms with E-state index < -0.39 is 70.5 Å². The van der Waals surface area contributed by atoms with Crippen molar-refractivity contribution in [2.75, 3.05) is 20.8 Å². The van der Waals surface area contributed by atoms with Crippen molar-refractivity contribution in [2.24, 2.45) is 46.3 Å². The summed E-state index contributed by atoms with van der Waals surface area (Å²) in [7, 11) is 3.46. The van der Waals surface area contributed by atoms with Crippen molar-refractivity contribution in [3.05, 3.63) is 0 Å². The Bertz CT molecular complexity index is 1220. The minimum atomic E-state index is -1.44. The van der Waals surface area contributed by atoms with Crippen LogP contribution in [0.3, 0.4) is 0 Å². The van der Waals surface area contributed by atoms with Crippen molar-refractivity contribution in [1.29, 1.82) is 0 Å². The number of hydrogen-bond donors (Lipinski definition) is 1. The van der Waals surface area contributed by atoms with Gasteiger partial charge < -0.3 is 33.7 Å². The van der Waals surface area contributed by atoms with Gasteiger partial charge in [0.15, 0.2) is 11.2 Å². The van der Waals surface area contributed by atoms with Crippen LogP contribution in [0, 0.1) is 46.3 Å². The number of ether oxygens (including phenoxy) is 6. The van der Waals surface area contributed by atoms with Gasteiger partial charge in [-0.3, -0.25) is 19.2 Å². The molecule has 0 aromatic carbocycles. The van der Waals surface area contributed by atoms with E-state index in [-0.39, 0.29) is 35.5 Å². The summed E-state index contributed by atoms with van der Waals surface area (Å²) in [5.74, 6) is -3.94. The van der Waals surface area contributed by atoms with Gasteiger partial charge in [-0.2, -0.15) is 0 Å². The summed E-state index contributed by atoms with van der Waals surface area (Å²) in [6.45, 7) is 12.5. The van der Waals surface area contributed by atoms with Crippen LogP contribution in [0.1, 0.15) is 67.7 Å². The highest BCUT2D eigenvalue weighted by molar-refractivity contribution is 5.70. The highest BCUT2D eigenvalue weighted by Gasteiger charge is 2.91. The molecule has 1 saturated heterocycles. The lowest BCUT2D eigenvalue weighted by Gasteiger charge is -2.69. The van der Waals surface area contributed by atoms with Crippen LogP contribution in [0.4, 0.5) is 0 Å². The molecule has 1 unspecified atom stereocenters. The fourth-order valence-corrected chi connectivity index (χ4v) is 12.3. The largest absolute Gasteiger partial charge is 0.458 e. The maximum absolute atomic E-state index is 13.2. The molecule has 6 rings (SSSR count). The summed E-state index contributed by atoms with van der Waals surface area (Å²) in [5.41, 5.74) is -3.44. The molecule has 11 nitrogen and oxygen atoms in total. The van der Waals surface area contributed by atoms with Crippen LogP contribution < -0.4 is 5.32 Å². The highest BCUT2D eigenvalue weighted by atomic mass is 16.6. The number of carbonyl (C=O) groups excluding carboxylic acids is 4. The average Bonchev–Trinajstić information content (AvgIpc) is 3.28. The number of fused-ring (bicyclic) bond motifs is 2. The Hall–Kier alpha value is -2.24. The molecule has 1 aliphatic heterocycles. The first-order valence-electron chi connectivity index (χ1n) is 15.8. The van der Waals surface area contributed by atoms with Crippen LogP contribution in [0.15, 0.2) is 0 Å². The van der Waals surface area contributed by atoms with Crippen LogP contribution in [0.25, 0.3) is 0 Å². The molecular formula is C32H47NO10. The molecule has 0 amide bonds. The van der Waals surface area contributed by atoms with Gasteiger partial charge in [-0.25, -0.2) is 0 Å². The third-order valence-electron chi connectivity index (χ3n) is 13.1. The summed E-state index contributed by atoms with van der Waals surface area (Å²) in [6.07, 6.45) is -0.447. The van der Waals surface area contributed by atoms with Gasteiger partial charge in [0.05, 0.1) is 12.2 Å². The lowest BCUT2D eigenvalue weighted by molar-refractivity contribution is -0.302. The van der Waals surface area contributed by atoms with E-state index in [4.69, 9.17) is 28.4 Å². The second-order valence-electron chi connectivity index (χ2n) is 14.2. The normalized spacial score (nSPS) is 51.8. The van der Waals surface area contributed by atoms with Crippen LogP contribution in [0.5, 0.6) is 0 Å². The number of nitrogens with one attached hydrogen (secondary N) is 1. The van der Waals surface area contributed by atoms with Crippen LogP contribution in [-0.4, -0.2) is 86.3 Å². The maximum atomic E-state index is 13.2. The van der Waals surface area contributed by atoms with E-state index in [1.807, 2.05) is 6.92 Å². The fourth-order valence-electron chi connectivity index (χ4n) is 12.3. The summed E-state index contributed by atoms with van der Waals surface area (Å²) >= 11 is 0. The van der Waals surface area contributed by atoms with Gasteiger partial charge in [-0.1, -0.05) is 20.8 Å². The highest BCUT2D eigenvalue weighted by Crippen LogP contribution is 2.81. The number of esters is 4. The Labute approximate surface area is 253 Å². The SMILES string of the molecule is CC[C@]12CN[C@@H]3C4[C@H](OC)[C@H]1[C@@]3([C@@H](OC)C[C@H]2C)[C@@H]1C[C@@]2(OC(C)=O)[C@H](OC(C)=O)[C@@H]1[C@]4(OC(C)=O)[C@@H](OC(C)=O)[C@@H]2C. The number of rotatable bonds is 7. The summed E-state index contributed by atoms with van der Waals surface area (Å²) in [4.78, 5) is 51.8. The van der Waals surface area contributed by atoms with Crippen LogP contribution in [0.2, 0.25) is 0 Å². The number of methoxy groups -OCH3 is 2. The quantitative estimate of drug-likeness (QED) is 0.339. The molecule has 6 aliphatic rings. The van der Waals surface area contributed by atoms with Crippen molar-refractivity contribution in [3.63, 3.8) is 0 Å². The van der Waals surface area contributed by atoms with Crippen molar-refractivity contribution in [3.8, 4) is 0 Å². The van der Waals surface area contributed by atoms with Crippen LogP contribution >= 0.6 is 0 Å². The molecule has 1 heterocycles. The molecule has 7 bridgehead atoms. The molecule has 1 spiro atoms. The molecule has 0 radical (unpaired) electrons. The molecule has 5 aliphatic carbocycles. The number of piperidine rings is 1. The predicted octanol–water partition coefficient (Wildman–Crippen LogP) is 2.42. The predicted molar refractivity (Wildman–Crippen MR) is 150 cm³/mol. The van der Waals surface area contributed by atoms with Gasteiger partial charge in [0.1, 0.15) is 12.2 Å². The van der Waals surface area contributed by atoms with E-state index in [1.54, 1.807) is 14.2 Å². The van der Waals surface area contributed by atoms with Gasteiger partial charge >= 0.3 is 23.9 Å². The number of hydrogen-bond acceptors (Lipinski definition) is 11. The monoisotopic (exact) mass is 605 g/mol. The van der Waals surface area contributed by atoms with Gasteiger partial charge in [0, 0.05) is 83.6 Å². The second-order valence-corrected chi connectivity index (χ2v) is 14.2. The van der Waals surface area contributed by atoms with Gasteiger partial charge in [0.25, 0.3) is 0 Å². The second kappa shape index (κ2) is 9.88. The molecule has 5 saturated carbocycles. The average molecular weight is 606 g/mol. The smallest absolute Gasteiger partial charge is 0.303 e. The fraction of sp³-hybridized carbons (Fsp3) is 0.875. The first-order chi connectivity index (χ1) is 20.2.